The van der Waals surface area contributed by atoms with Gasteiger partial charge in [0.1, 0.15) is 0 Å². The van der Waals surface area contributed by atoms with Gasteiger partial charge in [-0.25, -0.2) is 9.48 Å². The number of ether oxygens (including phenoxy) is 1. The van der Waals surface area contributed by atoms with E-state index >= 15 is 0 Å². The van der Waals surface area contributed by atoms with Crippen molar-refractivity contribution in [3.05, 3.63) is 32.7 Å². The molecule has 7 heteroatoms. The Morgan fingerprint density at radius 2 is 2.33 bits per heavy atom. The molecule has 2 rings (SSSR count). The van der Waals surface area contributed by atoms with Gasteiger partial charge in [-0.2, -0.15) is 0 Å². The number of esters is 1. The number of nitrogens with zero attached hydrogens (tertiary/aromatic N) is 3. The van der Waals surface area contributed by atoms with Crippen molar-refractivity contribution in [2.75, 3.05) is 6.61 Å². The number of carbonyl (C=O) groups excluding carboxylic acids is 1. The van der Waals surface area contributed by atoms with Crippen molar-refractivity contribution in [1.29, 1.82) is 0 Å². The van der Waals surface area contributed by atoms with Crippen molar-refractivity contribution in [2.45, 2.75) is 20.4 Å². The summed E-state index contributed by atoms with van der Waals surface area (Å²) in [5, 5.41) is 7.80. The Balaban J connectivity index is 2.18. The fraction of sp³-hybridized carbons (Fsp3) is 0.364. The summed E-state index contributed by atoms with van der Waals surface area (Å²) in [5.74, 6) is -0.439. The molecule has 0 spiro atoms. The fourth-order valence-electron chi connectivity index (χ4n) is 1.48. The molecule has 0 saturated carbocycles. The molecule has 0 atom stereocenters. The lowest BCUT2D eigenvalue weighted by Gasteiger charge is -2.01. The second-order valence-corrected chi connectivity index (χ2v) is 5.41. The topological polar surface area (TPSA) is 57.0 Å². The minimum absolute atomic E-state index is 0.263. The molecule has 0 aromatic carbocycles. The third-order valence-electron chi connectivity index (χ3n) is 2.39. The molecular formula is C11H12ClN3O2S. The van der Waals surface area contributed by atoms with Gasteiger partial charge < -0.3 is 4.74 Å². The average molecular weight is 286 g/mol. The van der Waals surface area contributed by atoms with Crippen LogP contribution in [0.1, 0.15) is 28.0 Å². The Morgan fingerprint density at radius 1 is 1.56 bits per heavy atom. The van der Waals surface area contributed by atoms with Gasteiger partial charge in [0.05, 0.1) is 23.2 Å². The molecule has 0 N–H and O–H groups in total. The van der Waals surface area contributed by atoms with Crippen LogP contribution in [0.5, 0.6) is 0 Å². The van der Waals surface area contributed by atoms with Crippen molar-refractivity contribution >= 4 is 28.9 Å². The van der Waals surface area contributed by atoms with E-state index in [1.54, 1.807) is 18.5 Å². The first-order valence-corrected chi connectivity index (χ1v) is 6.62. The highest BCUT2D eigenvalue weighted by Gasteiger charge is 2.17. The van der Waals surface area contributed by atoms with E-state index in [4.69, 9.17) is 16.3 Å². The standard InChI is InChI=1S/C11H12ClN3O2S/c1-3-17-11(16)10-7(2)15(14-13-10)6-8-4-5-9(12)18-8/h4-5H,3,6H2,1-2H3. The van der Waals surface area contributed by atoms with Crippen LogP contribution in [0.3, 0.4) is 0 Å². The summed E-state index contributed by atoms with van der Waals surface area (Å²) in [5.41, 5.74) is 0.956. The summed E-state index contributed by atoms with van der Waals surface area (Å²) < 4.78 is 7.29. The largest absolute Gasteiger partial charge is 0.461 e. The van der Waals surface area contributed by atoms with Crippen LogP contribution in [0.15, 0.2) is 12.1 Å². The molecule has 2 aromatic heterocycles. The quantitative estimate of drug-likeness (QED) is 0.810. The monoisotopic (exact) mass is 285 g/mol. The molecule has 0 amide bonds. The van der Waals surface area contributed by atoms with Gasteiger partial charge in [-0.3, -0.25) is 0 Å². The summed E-state index contributed by atoms with van der Waals surface area (Å²) in [6.07, 6.45) is 0. The van der Waals surface area contributed by atoms with E-state index in [0.717, 1.165) is 9.21 Å². The first-order chi connectivity index (χ1) is 8.61. The Hall–Kier alpha value is -1.40. The molecule has 96 valence electrons. The average Bonchev–Trinajstić information content (AvgIpc) is 2.88. The lowest BCUT2D eigenvalue weighted by molar-refractivity contribution is 0.0518. The normalized spacial score (nSPS) is 10.6. The molecule has 0 saturated heterocycles. The molecule has 0 fully saturated rings. The predicted molar refractivity (Wildman–Crippen MR) is 69.1 cm³/mol. The van der Waals surface area contributed by atoms with Crippen LogP contribution in [-0.2, 0) is 11.3 Å². The van der Waals surface area contributed by atoms with Crippen molar-refractivity contribution < 1.29 is 9.53 Å². The summed E-state index contributed by atoms with van der Waals surface area (Å²) in [6, 6.07) is 3.76. The number of halogens is 1. The van der Waals surface area contributed by atoms with Gasteiger partial charge >= 0.3 is 5.97 Å². The van der Waals surface area contributed by atoms with Crippen LogP contribution >= 0.6 is 22.9 Å². The van der Waals surface area contributed by atoms with E-state index in [1.807, 2.05) is 12.1 Å². The zero-order valence-electron chi connectivity index (χ0n) is 10.0. The van der Waals surface area contributed by atoms with E-state index in [2.05, 4.69) is 10.3 Å². The first kappa shape index (κ1) is 13.0. The Bertz CT molecular complexity index is 564. The van der Waals surface area contributed by atoms with E-state index < -0.39 is 5.97 Å². The smallest absolute Gasteiger partial charge is 0.360 e. The summed E-state index contributed by atoms with van der Waals surface area (Å²) in [6.45, 7) is 4.42. The van der Waals surface area contributed by atoms with Gasteiger partial charge in [-0.1, -0.05) is 16.8 Å². The van der Waals surface area contributed by atoms with Crippen molar-refractivity contribution in [1.82, 2.24) is 15.0 Å². The highest BCUT2D eigenvalue weighted by Crippen LogP contribution is 2.22. The molecule has 0 bridgehead atoms. The van der Waals surface area contributed by atoms with Crippen molar-refractivity contribution in [3.8, 4) is 0 Å². The van der Waals surface area contributed by atoms with Gasteiger partial charge in [0.15, 0.2) is 5.69 Å². The van der Waals surface area contributed by atoms with Gasteiger partial charge in [0.25, 0.3) is 0 Å². The molecule has 0 radical (unpaired) electrons. The lowest BCUT2D eigenvalue weighted by Crippen LogP contribution is -2.08. The molecule has 0 unspecified atom stereocenters. The number of aromatic nitrogens is 3. The third kappa shape index (κ3) is 2.70. The highest BCUT2D eigenvalue weighted by atomic mass is 35.5. The molecule has 0 aliphatic rings. The van der Waals surface area contributed by atoms with Gasteiger partial charge in [-0.15, -0.1) is 16.4 Å². The van der Waals surface area contributed by atoms with Gasteiger partial charge in [0.2, 0.25) is 0 Å². The van der Waals surface area contributed by atoms with Crippen molar-refractivity contribution in [2.24, 2.45) is 0 Å². The molecule has 0 aliphatic heterocycles. The Labute approximate surface area is 113 Å². The maximum atomic E-state index is 11.6. The fourth-order valence-corrected chi connectivity index (χ4v) is 2.55. The number of rotatable bonds is 4. The van der Waals surface area contributed by atoms with Gasteiger partial charge in [-0.05, 0) is 26.0 Å². The van der Waals surface area contributed by atoms with Gasteiger partial charge in [0, 0.05) is 4.88 Å². The van der Waals surface area contributed by atoms with Crippen LogP contribution in [0.4, 0.5) is 0 Å². The minimum atomic E-state index is -0.439. The number of hydrogen-bond donors (Lipinski definition) is 0. The zero-order chi connectivity index (χ0) is 13.1. The van der Waals surface area contributed by atoms with E-state index in [1.165, 1.54) is 11.3 Å². The maximum absolute atomic E-state index is 11.6. The summed E-state index contributed by atoms with van der Waals surface area (Å²) >= 11 is 7.34. The van der Waals surface area contributed by atoms with Crippen LogP contribution < -0.4 is 0 Å². The second-order valence-electron chi connectivity index (χ2n) is 3.61. The highest BCUT2D eigenvalue weighted by molar-refractivity contribution is 7.16. The Morgan fingerprint density at radius 3 is 2.94 bits per heavy atom. The molecular weight excluding hydrogens is 274 g/mol. The van der Waals surface area contributed by atoms with Crippen molar-refractivity contribution in [3.63, 3.8) is 0 Å². The summed E-state index contributed by atoms with van der Waals surface area (Å²) in [7, 11) is 0. The predicted octanol–water partition coefficient (Wildman–Crippen LogP) is 2.53. The maximum Gasteiger partial charge on any atom is 0.360 e. The number of carbonyl (C=O) groups is 1. The second kappa shape index (κ2) is 5.49. The molecule has 2 heterocycles. The number of hydrogen-bond acceptors (Lipinski definition) is 5. The molecule has 5 nitrogen and oxygen atoms in total. The third-order valence-corrected chi connectivity index (χ3v) is 3.60. The lowest BCUT2D eigenvalue weighted by atomic mass is 10.3. The molecule has 18 heavy (non-hydrogen) atoms. The zero-order valence-corrected chi connectivity index (χ0v) is 11.6. The Kier molecular flexibility index (Phi) is 3.98. The first-order valence-electron chi connectivity index (χ1n) is 5.43. The van der Waals surface area contributed by atoms with E-state index in [9.17, 15) is 4.79 Å². The van der Waals surface area contributed by atoms with Crippen LogP contribution in [0.25, 0.3) is 0 Å². The van der Waals surface area contributed by atoms with Crippen LogP contribution in [0.2, 0.25) is 4.34 Å². The van der Waals surface area contributed by atoms with Crippen LogP contribution in [-0.4, -0.2) is 27.6 Å². The van der Waals surface area contributed by atoms with E-state index in [-0.39, 0.29) is 5.69 Å². The number of thiophene rings is 1. The SMILES string of the molecule is CCOC(=O)c1nnn(Cc2ccc(Cl)s2)c1C. The van der Waals surface area contributed by atoms with E-state index in [0.29, 0.717) is 18.8 Å². The molecule has 2 aromatic rings. The minimum Gasteiger partial charge on any atom is -0.461 e. The molecule has 0 aliphatic carbocycles. The summed E-state index contributed by atoms with van der Waals surface area (Å²) in [4.78, 5) is 12.6. The van der Waals surface area contributed by atoms with Crippen LogP contribution in [0, 0.1) is 6.92 Å².